The van der Waals surface area contributed by atoms with Gasteiger partial charge in [0, 0.05) is 69.3 Å². The van der Waals surface area contributed by atoms with Gasteiger partial charge in [0.05, 0.1) is 0 Å². The van der Waals surface area contributed by atoms with Gasteiger partial charge in [-0.1, -0.05) is 12.1 Å². The molecule has 2 aromatic heterocycles. The van der Waals surface area contributed by atoms with Crippen molar-refractivity contribution in [3.05, 3.63) is 54.0 Å². The minimum absolute atomic E-state index is 0.0609. The maximum absolute atomic E-state index is 12.4. The Morgan fingerprint density at radius 1 is 1.19 bits per heavy atom. The standard InChI is InChI=1S/C20H26N4O2/c1-24(12-7-18-6-2-3-10-21-18)19-17(5-4-11-22-19)15-23-20(25)16-8-13-26-14-9-16/h2-6,10-11,16H,7-9,12-15H2,1H3,(H,23,25). The number of rotatable bonds is 7. The Morgan fingerprint density at radius 3 is 2.77 bits per heavy atom. The van der Waals surface area contributed by atoms with Crippen LogP contribution in [0.2, 0.25) is 0 Å². The topological polar surface area (TPSA) is 67.4 Å². The molecule has 2 aromatic rings. The van der Waals surface area contributed by atoms with Crippen LogP contribution in [-0.4, -0.2) is 42.7 Å². The molecule has 3 rings (SSSR count). The fraction of sp³-hybridized carbons (Fsp3) is 0.450. The number of likely N-dealkylation sites (N-methyl/N-ethyl adjacent to an activating group) is 1. The zero-order valence-corrected chi connectivity index (χ0v) is 15.2. The Bertz CT molecular complexity index is 702. The van der Waals surface area contributed by atoms with Gasteiger partial charge in [0.2, 0.25) is 5.91 Å². The van der Waals surface area contributed by atoms with Crippen LogP contribution in [0.25, 0.3) is 0 Å². The minimum Gasteiger partial charge on any atom is -0.381 e. The van der Waals surface area contributed by atoms with E-state index in [0.29, 0.717) is 19.8 Å². The number of carbonyl (C=O) groups excluding carboxylic acids is 1. The van der Waals surface area contributed by atoms with Gasteiger partial charge in [0.1, 0.15) is 5.82 Å². The first kappa shape index (κ1) is 18.3. The normalized spacial score (nSPS) is 14.8. The molecule has 1 N–H and O–H groups in total. The molecule has 1 fully saturated rings. The molecular formula is C20H26N4O2. The van der Waals surface area contributed by atoms with Gasteiger partial charge in [-0.25, -0.2) is 4.98 Å². The second kappa shape index (κ2) is 9.29. The van der Waals surface area contributed by atoms with Crippen molar-refractivity contribution in [2.24, 2.45) is 5.92 Å². The molecule has 1 saturated heterocycles. The molecule has 26 heavy (non-hydrogen) atoms. The fourth-order valence-corrected chi connectivity index (χ4v) is 3.13. The molecule has 6 nitrogen and oxygen atoms in total. The number of hydrogen-bond acceptors (Lipinski definition) is 5. The largest absolute Gasteiger partial charge is 0.381 e. The Kier molecular flexibility index (Phi) is 6.55. The molecule has 0 spiro atoms. The van der Waals surface area contributed by atoms with E-state index < -0.39 is 0 Å². The molecule has 0 aliphatic carbocycles. The summed E-state index contributed by atoms with van der Waals surface area (Å²) in [5, 5.41) is 3.06. The zero-order chi connectivity index (χ0) is 18.2. The van der Waals surface area contributed by atoms with E-state index >= 15 is 0 Å². The van der Waals surface area contributed by atoms with Crippen molar-refractivity contribution >= 4 is 11.7 Å². The van der Waals surface area contributed by atoms with Crippen LogP contribution >= 0.6 is 0 Å². The summed E-state index contributed by atoms with van der Waals surface area (Å²) in [5.41, 5.74) is 2.08. The third kappa shape index (κ3) is 5.02. The lowest BCUT2D eigenvalue weighted by Crippen LogP contribution is -2.34. The van der Waals surface area contributed by atoms with E-state index in [9.17, 15) is 4.79 Å². The highest BCUT2D eigenvalue weighted by atomic mass is 16.5. The summed E-state index contributed by atoms with van der Waals surface area (Å²) in [7, 11) is 2.02. The number of amides is 1. The Balaban J connectivity index is 1.57. The van der Waals surface area contributed by atoms with Gasteiger partial charge < -0.3 is 15.0 Å². The number of anilines is 1. The van der Waals surface area contributed by atoms with Crippen LogP contribution in [0.5, 0.6) is 0 Å². The molecule has 0 atom stereocenters. The van der Waals surface area contributed by atoms with Crippen LogP contribution in [0, 0.1) is 5.92 Å². The van der Waals surface area contributed by atoms with Crippen molar-refractivity contribution in [2.45, 2.75) is 25.8 Å². The molecule has 0 radical (unpaired) electrons. The van der Waals surface area contributed by atoms with Gasteiger partial charge in [-0.05, 0) is 31.0 Å². The predicted molar refractivity (Wildman–Crippen MR) is 101 cm³/mol. The first-order valence-corrected chi connectivity index (χ1v) is 9.14. The fourth-order valence-electron chi connectivity index (χ4n) is 3.13. The number of carbonyl (C=O) groups is 1. The summed E-state index contributed by atoms with van der Waals surface area (Å²) in [5.74, 6) is 1.07. The summed E-state index contributed by atoms with van der Waals surface area (Å²) < 4.78 is 5.32. The second-order valence-electron chi connectivity index (χ2n) is 6.58. The van der Waals surface area contributed by atoms with Gasteiger partial charge >= 0.3 is 0 Å². The van der Waals surface area contributed by atoms with Crippen molar-refractivity contribution in [1.82, 2.24) is 15.3 Å². The SMILES string of the molecule is CN(CCc1ccccn1)c1ncccc1CNC(=O)C1CCOCC1. The lowest BCUT2D eigenvalue weighted by atomic mass is 9.99. The number of ether oxygens (including phenoxy) is 1. The number of nitrogens with zero attached hydrogens (tertiary/aromatic N) is 3. The summed E-state index contributed by atoms with van der Waals surface area (Å²) in [6.45, 7) is 2.65. The molecule has 0 unspecified atom stereocenters. The van der Waals surface area contributed by atoms with E-state index in [4.69, 9.17) is 4.74 Å². The quantitative estimate of drug-likeness (QED) is 0.826. The lowest BCUT2D eigenvalue weighted by Gasteiger charge is -2.23. The van der Waals surface area contributed by atoms with Crippen LogP contribution in [-0.2, 0) is 22.5 Å². The van der Waals surface area contributed by atoms with Crippen LogP contribution < -0.4 is 10.2 Å². The van der Waals surface area contributed by atoms with Crippen LogP contribution in [0.15, 0.2) is 42.7 Å². The van der Waals surface area contributed by atoms with E-state index in [0.717, 1.165) is 42.9 Å². The Labute approximate surface area is 154 Å². The summed E-state index contributed by atoms with van der Waals surface area (Å²) in [6.07, 6.45) is 6.05. The van der Waals surface area contributed by atoms with Crippen molar-refractivity contribution in [3.63, 3.8) is 0 Å². The third-order valence-corrected chi connectivity index (χ3v) is 4.70. The monoisotopic (exact) mass is 354 g/mol. The third-order valence-electron chi connectivity index (χ3n) is 4.70. The van der Waals surface area contributed by atoms with Gasteiger partial charge in [-0.2, -0.15) is 0 Å². The number of pyridine rings is 2. The Morgan fingerprint density at radius 2 is 2.00 bits per heavy atom. The highest BCUT2D eigenvalue weighted by Crippen LogP contribution is 2.18. The lowest BCUT2D eigenvalue weighted by molar-refractivity contribution is -0.128. The summed E-state index contributed by atoms with van der Waals surface area (Å²) in [4.78, 5) is 23.3. The van der Waals surface area contributed by atoms with Crippen LogP contribution in [0.3, 0.4) is 0 Å². The van der Waals surface area contributed by atoms with E-state index in [-0.39, 0.29) is 11.8 Å². The maximum atomic E-state index is 12.4. The van der Waals surface area contributed by atoms with Crippen molar-refractivity contribution in [3.8, 4) is 0 Å². The summed E-state index contributed by atoms with van der Waals surface area (Å²) in [6, 6.07) is 9.88. The molecule has 0 aromatic carbocycles. The van der Waals surface area contributed by atoms with Crippen molar-refractivity contribution < 1.29 is 9.53 Å². The van der Waals surface area contributed by atoms with Crippen LogP contribution in [0.4, 0.5) is 5.82 Å². The Hall–Kier alpha value is -2.47. The van der Waals surface area contributed by atoms with E-state index in [1.54, 1.807) is 6.20 Å². The molecular weight excluding hydrogens is 328 g/mol. The molecule has 3 heterocycles. The van der Waals surface area contributed by atoms with Gasteiger partial charge in [0.15, 0.2) is 0 Å². The zero-order valence-electron chi connectivity index (χ0n) is 15.2. The number of aromatic nitrogens is 2. The average molecular weight is 354 g/mol. The van der Waals surface area contributed by atoms with E-state index in [1.807, 2.05) is 43.6 Å². The van der Waals surface area contributed by atoms with Crippen molar-refractivity contribution in [1.29, 1.82) is 0 Å². The van der Waals surface area contributed by atoms with Crippen LogP contribution in [0.1, 0.15) is 24.1 Å². The van der Waals surface area contributed by atoms with E-state index in [2.05, 4.69) is 20.2 Å². The highest BCUT2D eigenvalue weighted by molar-refractivity contribution is 5.78. The first-order chi connectivity index (χ1) is 12.7. The summed E-state index contributed by atoms with van der Waals surface area (Å²) >= 11 is 0. The minimum atomic E-state index is 0.0609. The van der Waals surface area contributed by atoms with Gasteiger partial charge in [0.25, 0.3) is 0 Å². The van der Waals surface area contributed by atoms with Gasteiger partial charge in [-0.15, -0.1) is 0 Å². The predicted octanol–water partition coefficient (Wildman–Crippen LogP) is 2.20. The van der Waals surface area contributed by atoms with Crippen molar-refractivity contribution in [2.75, 3.05) is 31.7 Å². The first-order valence-electron chi connectivity index (χ1n) is 9.14. The maximum Gasteiger partial charge on any atom is 0.223 e. The average Bonchev–Trinajstić information content (AvgIpc) is 2.72. The molecule has 6 heteroatoms. The molecule has 1 amide bonds. The smallest absolute Gasteiger partial charge is 0.223 e. The molecule has 0 saturated carbocycles. The molecule has 0 bridgehead atoms. The highest BCUT2D eigenvalue weighted by Gasteiger charge is 2.21. The molecule has 1 aliphatic rings. The van der Waals surface area contributed by atoms with Gasteiger partial charge in [-0.3, -0.25) is 9.78 Å². The number of hydrogen-bond donors (Lipinski definition) is 1. The molecule has 138 valence electrons. The molecule has 1 aliphatic heterocycles. The van der Waals surface area contributed by atoms with E-state index in [1.165, 1.54) is 0 Å². The number of nitrogens with one attached hydrogen (secondary N) is 1. The second-order valence-corrected chi connectivity index (χ2v) is 6.58.